The summed E-state index contributed by atoms with van der Waals surface area (Å²) in [5.74, 6) is -1.71. The van der Waals surface area contributed by atoms with Gasteiger partial charge in [0.2, 0.25) is 0 Å². The van der Waals surface area contributed by atoms with Gasteiger partial charge in [-0.05, 0) is 12.8 Å². The first-order chi connectivity index (χ1) is 10.1. The molecule has 0 heterocycles. The lowest BCUT2D eigenvalue weighted by Gasteiger charge is -2.11. The van der Waals surface area contributed by atoms with Gasteiger partial charge >= 0.3 is 5.97 Å². The predicted molar refractivity (Wildman–Crippen MR) is 77.4 cm³/mol. The third-order valence-corrected chi connectivity index (χ3v) is 5.36. The van der Waals surface area contributed by atoms with Crippen LogP contribution in [-0.4, -0.2) is 48.2 Å². The maximum atomic E-state index is 11.0. The summed E-state index contributed by atoms with van der Waals surface area (Å²) in [5, 5.41) is 6.50. The zero-order valence-electron chi connectivity index (χ0n) is 12.0. The highest BCUT2D eigenvalue weighted by Crippen LogP contribution is 2.14. The summed E-state index contributed by atoms with van der Waals surface area (Å²) in [5.41, 5.74) is 0. The van der Waals surface area contributed by atoms with E-state index in [0.717, 1.165) is 19.3 Å². The van der Waals surface area contributed by atoms with E-state index in [4.69, 9.17) is 14.4 Å². The highest BCUT2D eigenvalue weighted by molar-refractivity contribution is 7.90. The van der Waals surface area contributed by atoms with Crippen LogP contribution in [0.3, 0.4) is 0 Å². The molecule has 0 saturated carbocycles. The lowest BCUT2D eigenvalue weighted by Crippen LogP contribution is -2.29. The third kappa shape index (κ3) is 11.9. The molecule has 0 fully saturated rings. The van der Waals surface area contributed by atoms with Gasteiger partial charge in [0.1, 0.15) is 5.25 Å². The van der Waals surface area contributed by atoms with Gasteiger partial charge in [0.15, 0.2) is 0 Å². The van der Waals surface area contributed by atoms with Crippen molar-refractivity contribution in [3.8, 4) is 0 Å². The minimum Gasteiger partial charge on any atom is -0.301 e. The Kier molecular flexibility index (Phi) is 9.76. The van der Waals surface area contributed by atoms with E-state index in [0.29, 0.717) is 19.3 Å². The van der Waals surface area contributed by atoms with Gasteiger partial charge in [0.25, 0.3) is 20.2 Å². The van der Waals surface area contributed by atoms with Gasteiger partial charge < -0.3 is 4.89 Å². The molecule has 0 aromatic carbocycles. The first kappa shape index (κ1) is 21.2. The first-order valence-electron chi connectivity index (χ1n) is 6.82. The number of hydrogen-bond acceptors (Lipinski definition) is 7. The van der Waals surface area contributed by atoms with Crippen LogP contribution >= 0.6 is 0 Å². The maximum Gasteiger partial charge on any atom is 0.342 e. The number of rotatable bonds is 12. The van der Waals surface area contributed by atoms with Crippen LogP contribution in [0.2, 0.25) is 0 Å². The summed E-state index contributed by atoms with van der Waals surface area (Å²) < 4.78 is 61.0. The molecule has 0 saturated heterocycles. The molecular weight excluding hydrogens is 340 g/mol. The summed E-state index contributed by atoms with van der Waals surface area (Å²) in [6.07, 6.45) is 3.91. The van der Waals surface area contributed by atoms with Crippen molar-refractivity contribution in [1.82, 2.24) is 0 Å². The van der Waals surface area contributed by atoms with Crippen molar-refractivity contribution in [2.24, 2.45) is 0 Å². The van der Waals surface area contributed by atoms with E-state index in [-0.39, 0.29) is 12.8 Å². The predicted octanol–water partition coefficient (Wildman–Crippen LogP) is 1.27. The van der Waals surface area contributed by atoms with Crippen LogP contribution in [0, 0.1) is 0 Å². The topological polar surface area (TPSA) is 155 Å². The van der Waals surface area contributed by atoms with Crippen LogP contribution < -0.4 is 0 Å². The molecule has 3 N–H and O–H groups in total. The molecule has 0 rings (SSSR count). The largest absolute Gasteiger partial charge is 0.342 e. The highest BCUT2D eigenvalue weighted by atomic mass is 32.2. The zero-order valence-corrected chi connectivity index (χ0v) is 13.7. The van der Waals surface area contributed by atoms with Crippen LogP contribution in [0.25, 0.3) is 0 Å². The summed E-state index contributed by atoms with van der Waals surface area (Å²) in [4.78, 5) is 14.1. The fourth-order valence-electron chi connectivity index (χ4n) is 1.95. The Morgan fingerprint density at radius 1 is 0.909 bits per heavy atom. The summed E-state index contributed by atoms with van der Waals surface area (Å²) in [6, 6.07) is 0. The Balaban J connectivity index is 3.89. The van der Waals surface area contributed by atoms with Crippen molar-refractivity contribution in [2.75, 3.05) is 5.75 Å². The average molecular weight is 362 g/mol. The highest BCUT2D eigenvalue weighted by Gasteiger charge is 2.27. The lowest BCUT2D eigenvalue weighted by atomic mass is 10.1. The molecular formula is C11H22O9S2. The number of unbranched alkanes of at least 4 members (excludes halogenated alkanes) is 5. The van der Waals surface area contributed by atoms with Gasteiger partial charge in [-0.2, -0.15) is 22.1 Å². The molecule has 22 heavy (non-hydrogen) atoms. The Morgan fingerprint density at radius 3 is 1.86 bits per heavy atom. The van der Waals surface area contributed by atoms with Crippen molar-refractivity contribution in [1.29, 1.82) is 0 Å². The minimum atomic E-state index is -4.53. The van der Waals surface area contributed by atoms with Crippen molar-refractivity contribution in [3.63, 3.8) is 0 Å². The second-order valence-electron chi connectivity index (χ2n) is 5.01. The van der Waals surface area contributed by atoms with E-state index < -0.39 is 37.2 Å². The molecule has 0 amide bonds. The molecule has 0 bridgehead atoms. The zero-order chi connectivity index (χ0) is 17.2. The smallest absolute Gasteiger partial charge is 0.301 e. The monoisotopic (exact) mass is 362 g/mol. The van der Waals surface area contributed by atoms with Crippen molar-refractivity contribution < 1.29 is 40.9 Å². The van der Waals surface area contributed by atoms with Crippen LogP contribution in [0.15, 0.2) is 0 Å². The van der Waals surface area contributed by atoms with E-state index in [1.54, 1.807) is 0 Å². The third-order valence-electron chi connectivity index (χ3n) is 3.08. The van der Waals surface area contributed by atoms with Gasteiger partial charge in [-0.3, -0.25) is 9.11 Å². The van der Waals surface area contributed by atoms with Gasteiger partial charge in [0, 0.05) is 6.42 Å². The van der Waals surface area contributed by atoms with Gasteiger partial charge in [-0.1, -0.05) is 32.1 Å². The normalized spacial score (nSPS) is 13.8. The van der Waals surface area contributed by atoms with E-state index in [1.165, 1.54) is 0 Å². The fourth-order valence-corrected chi connectivity index (χ4v) is 4.25. The van der Waals surface area contributed by atoms with Crippen LogP contribution in [0.5, 0.6) is 0 Å². The quantitative estimate of drug-likeness (QED) is 0.201. The summed E-state index contributed by atoms with van der Waals surface area (Å²) in [7, 11) is -9.00. The molecule has 9 nitrogen and oxygen atoms in total. The average Bonchev–Trinajstić information content (AvgIpc) is 2.37. The van der Waals surface area contributed by atoms with E-state index in [2.05, 4.69) is 4.89 Å². The number of hydrogen-bond donors (Lipinski definition) is 3. The Morgan fingerprint density at radius 2 is 1.41 bits per heavy atom. The molecule has 0 aliphatic carbocycles. The van der Waals surface area contributed by atoms with E-state index >= 15 is 0 Å². The molecule has 0 aromatic heterocycles. The lowest BCUT2D eigenvalue weighted by molar-refractivity contribution is -0.234. The summed E-state index contributed by atoms with van der Waals surface area (Å²) in [6.45, 7) is 0. The van der Waals surface area contributed by atoms with Crippen molar-refractivity contribution >= 4 is 26.2 Å². The van der Waals surface area contributed by atoms with Crippen LogP contribution in [0.4, 0.5) is 0 Å². The Hall–Kier alpha value is -0.750. The molecule has 0 aliphatic rings. The number of carbonyl (C=O) groups excluding carboxylic acids is 1. The molecule has 132 valence electrons. The maximum absolute atomic E-state index is 11.0. The summed E-state index contributed by atoms with van der Waals surface area (Å²) >= 11 is 0. The van der Waals surface area contributed by atoms with Gasteiger partial charge in [-0.25, -0.2) is 4.79 Å². The van der Waals surface area contributed by atoms with Gasteiger partial charge in [0.05, 0.1) is 5.75 Å². The minimum absolute atomic E-state index is 0.0601. The van der Waals surface area contributed by atoms with Gasteiger partial charge in [-0.15, -0.1) is 0 Å². The first-order valence-corrected chi connectivity index (χ1v) is 9.93. The van der Waals surface area contributed by atoms with Crippen molar-refractivity contribution in [3.05, 3.63) is 0 Å². The van der Waals surface area contributed by atoms with Crippen LogP contribution in [0.1, 0.15) is 51.4 Å². The van der Waals surface area contributed by atoms with E-state index in [1.807, 2.05) is 0 Å². The SMILES string of the molecule is O=C(CCCCCCCC[C@H](CS(=O)(=O)O)S(=O)(=O)O)OO. The fraction of sp³-hybridized carbons (Fsp3) is 0.909. The molecule has 0 radical (unpaired) electrons. The Labute approximate surface area is 130 Å². The number of carbonyl (C=O) groups is 1. The standard InChI is InChI=1S/C11H22O9S2/c12-11(20-13)8-6-4-2-1-3-5-7-10(22(17,18)19)9-21(14,15)16/h10,13H,1-9H2,(H,14,15,16)(H,17,18,19)/t10-/m1/s1. The molecule has 0 aromatic rings. The second-order valence-corrected chi connectivity index (χ2v) is 8.20. The second kappa shape index (κ2) is 10.1. The van der Waals surface area contributed by atoms with Crippen molar-refractivity contribution in [2.45, 2.75) is 56.6 Å². The molecule has 11 heteroatoms. The van der Waals surface area contributed by atoms with Crippen LogP contribution in [-0.2, 0) is 29.9 Å². The molecule has 0 aliphatic heterocycles. The molecule has 0 spiro atoms. The molecule has 1 atom stereocenters. The molecule has 0 unspecified atom stereocenters. The van der Waals surface area contributed by atoms with E-state index in [9.17, 15) is 21.6 Å². The Bertz CT molecular complexity index is 524.